The lowest BCUT2D eigenvalue weighted by Crippen LogP contribution is -2.47. The van der Waals surface area contributed by atoms with Gasteiger partial charge in [-0.05, 0) is 44.8 Å². The van der Waals surface area contributed by atoms with Gasteiger partial charge >= 0.3 is 6.03 Å². The zero-order chi connectivity index (χ0) is 12.7. The number of aliphatic hydroxyl groups is 1. The van der Waals surface area contributed by atoms with E-state index in [0.29, 0.717) is 5.92 Å². The van der Waals surface area contributed by atoms with Crippen LogP contribution in [-0.4, -0.2) is 41.8 Å². The van der Waals surface area contributed by atoms with Crippen molar-refractivity contribution in [1.29, 1.82) is 0 Å². The highest BCUT2D eigenvalue weighted by atomic mass is 32.2. The summed E-state index contributed by atoms with van der Waals surface area (Å²) in [7, 11) is 0. The quantitative estimate of drug-likeness (QED) is 0.703. The van der Waals surface area contributed by atoms with Crippen molar-refractivity contribution in [2.75, 3.05) is 18.6 Å². The minimum Gasteiger partial charge on any atom is -0.396 e. The molecule has 0 spiro atoms. The van der Waals surface area contributed by atoms with Crippen LogP contribution in [0.2, 0.25) is 0 Å². The van der Waals surface area contributed by atoms with E-state index in [-0.39, 0.29) is 24.7 Å². The van der Waals surface area contributed by atoms with Crippen molar-refractivity contribution in [3.63, 3.8) is 0 Å². The first-order chi connectivity index (χ1) is 8.15. The first-order valence-corrected chi connectivity index (χ1v) is 7.72. The molecule has 4 nitrogen and oxygen atoms in total. The van der Waals surface area contributed by atoms with Crippen LogP contribution < -0.4 is 10.6 Å². The molecule has 1 aliphatic carbocycles. The first-order valence-electron chi connectivity index (χ1n) is 6.32. The normalized spacial score (nSPS) is 26.3. The van der Waals surface area contributed by atoms with E-state index in [2.05, 4.69) is 10.6 Å². The van der Waals surface area contributed by atoms with Crippen LogP contribution in [0.1, 0.15) is 32.6 Å². The Morgan fingerprint density at radius 3 is 2.59 bits per heavy atom. The van der Waals surface area contributed by atoms with Gasteiger partial charge in [0.15, 0.2) is 0 Å². The standard InChI is InChI=1S/C12H24N2O2S/c1-9(8-17-2)13-12(16)14-11-5-3-10(7-15)4-6-11/h9-11,15H,3-8H2,1-2H3,(H2,13,14,16). The molecule has 3 N–H and O–H groups in total. The molecular weight excluding hydrogens is 236 g/mol. The van der Waals surface area contributed by atoms with E-state index in [1.54, 1.807) is 11.8 Å². The second kappa shape index (κ2) is 7.82. The average Bonchev–Trinajstić information content (AvgIpc) is 2.30. The average molecular weight is 260 g/mol. The van der Waals surface area contributed by atoms with Gasteiger partial charge in [0.25, 0.3) is 0 Å². The van der Waals surface area contributed by atoms with Gasteiger partial charge in [-0.15, -0.1) is 0 Å². The van der Waals surface area contributed by atoms with E-state index in [1.807, 2.05) is 13.2 Å². The van der Waals surface area contributed by atoms with Crippen LogP contribution in [0.25, 0.3) is 0 Å². The number of amides is 2. The van der Waals surface area contributed by atoms with Crippen molar-refractivity contribution in [3.05, 3.63) is 0 Å². The molecule has 0 saturated heterocycles. The zero-order valence-electron chi connectivity index (χ0n) is 10.7. The van der Waals surface area contributed by atoms with Crippen molar-refractivity contribution in [2.45, 2.75) is 44.7 Å². The molecule has 0 radical (unpaired) electrons. The van der Waals surface area contributed by atoms with Gasteiger partial charge in [0.05, 0.1) is 0 Å². The van der Waals surface area contributed by atoms with Gasteiger partial charge in [0.2, 0.25) is 0 Å². The maximum atomic E-state index is 11.7. The summed E-state index contributed by atoms with van der Waals surface area (Å²) in [6.45, 7) is 2.29. The number of hydrogen-bond acceptors (Lipinski definition) is 3. The smallest absolute Gasteiger partial charge is 0.315 e. The summed E-state index contributed by atoms with van der Waals surface area (Å²) in [6.07, 6.45) is 6.03. The number of aliphatic hydroxyl groups excluding tert-OH is 1. The minimum atomic E-state index is -0.0565. The fourth-order valence-electron chi connectivity index (χ4n) is 2.23. The highest BCUT2D eigenvalue weighted by Gasteiger charge is 2.21. The molecule has 5 heteroatoms. The van der Waals surface area contributed by atoms with E-state index >= 15 is 0 Å². The number of urea groups is 1. The van der Waals surface area contributed by atoms with Crippen molar-refractivity contribution < 1.29 is 9.90 Å². The Morgan fingerprint density at radius 2 is 2.06 bits per heavy atom. The Morgan fingerprint density at radius 1 is 1.41 bits per heavy atom. The van der Waals surface area contributed by atoms with Crippen LogP contribution in [0.3, 0.4) is 0 Å². The third-order valence-corrected chi connectivity index (χ3v) is 4.07. The monoisotopic (exact) mass is 260 g/mol. The predicted molar refractivity (Wildman–Crippen MR) is 72.3 cm³/mol. The summed E-state index contributed by atoms with van der Waals surface area (Å²) in [5, 5.41) is 15.0. The van der Waals surface area contributed by atoms with Crippen LogP contribution in [0.4, 0.5) is 4.79 Å². The van der Waals surface area contributed by atoms with Crippen LogP contribution in [-0.2, 0) is 0 Å². The number of nitrogens with one attached hydrogen (secondary N) is 2. The Hall–Kier alpha value is -0.420. The molecule has 1 saturated carbocycles. The van der Waals surface area contributed by atoms with E-state index in [0.717, 1.165) is 31.4 Å². The third kappa shape index (κ3) is 5.64. The fourth-order valence-corrected chi connectivity index (χ4v) is 2.82. The van der Waals surface area contributed by atoms with Crippen molar-refractivity contribution in [3.8, 4) is 0 Å². The molecular formula is C12H24N2O2S. The molecule has 1 atom stereocenters. The van der Waals surface area contributed by atoms with E-state index in [4.69, 9.17) is 5.11 Å². The van der Waals surface area contributed by atoms with Gasteiger partial charge in [-0.2, -0.15) is 11.8 Å². The van der Waals surface area contributed by atoms with E-state index in [1.165, 1.54) is 0 Å². The summed E-state index contributed by atoms with van der Waals surface area (Å²) in [4.78, 5) is 11.7. The Labute approximate surface area is 108 Å². The largest absolute Gasteiger partial charge is 0.396 e. The SMILES string of the molecule is CSCC(C)NC(=O)NC1CCC(CO)CC1. The molecule has 17 heavy (non-hydrogen) atoms. The van der Waals surface area contributed by atoms with Crippen molar-refractivity contribution >= 4 is 17.8 Å². The molecule has 0 aromatic heterocycles. The molecule has 100 valence electrons. The molecule has 2 amide bonds. The molecule has 1 aliphatic rings. The summed E-state index contributed by atoms with van der Waals surface area (Å²) < 4.78 is 0. The van der Waals surface area contributed by atoms with Crippen LogP contribution in [0.5, 0.6) is 0 Å². The molecule has 0 heterocycles. The number of thioether (sulfide) groups is 1. The van der Waals surface area contributed by atoms with Gasteiger partial charge in [-0.1, -0.05) is 0 Å². The molecule has 0 aliphatic heterocycles. The highest BCUT2D eigenvalue weighted by molar-refractivity contribution is 7.98. The second-order valence-electron chi connectivity index (χ2n) is 4.87. The molecule has 0 aromatic carbocycles. The zero-order valence-corrected chi connectivity index (χ0v) is 11.6. The summed E-state index contributed by atoms with van der Waals surface area (Å²) in [5.41, 5.74) is 0. The maximum Gasteiger partial charge on any atom is 0.315 e. The van der Waals surface area contributed by atoms with E-state index in [9.17, 15) is 4.79 Å². The summed E-state index contributed by atoms with van der Waals surface area (Å²) in [5.74, 6) is 1.37. The van der Waals surface area contributed by atoms with Crippen LogP contribution in [0.15, 0.2) is 0 Å². The maximum absolute atomic E-state index is 11.7. The Bertz CT molecular complexity index is 231. The molecule has 0 bridgehead atoms. The van der Waals surface area contributed by atoms with E-state index < -0.39 is 0 Å². The lowest BCUT2D eigenvalue weighted by Gasteiger charge is -2.28. The Kier molecular flexibility index (Phi) is 6.73. The minimum absolute atomic E-state index is 0.0565. The summed E-state index contributed by atoms with van der Waals surface area (Å²) >= 11 is 1.73. The molecule has 1 unspecified atom stereocenters. The molecule has 1 fully saturated rings. The van der Waals surface area contributed by atoms with Crippen LogP contribution >= 0.6 is 11.8 Å². The van der Waals surface area contributed by atoms with Crippen molar-refractivity contribution in [1.82, 2.24) is 10.6 Å². The number of hydrogen-bond donors (Lipinski definition) is 3. The Balaban J connectivity index is 2.19. The van der Waals surface area contributed by atoms with Gasteiger partial charge in [0.1, 0.15) is 0 Å². The van der Waals surface area contributed by atoms with Gasteiger partial charge in [-0.3, -0.25) is 0 Å². The van der Waals surface area contributed by atoms with Gasteiger partial charge in [-0.25, -0.2) is 4.79 Å². The third-order valence-electron chi connectivity index (χ3n) is 3.23. The number of carbonyl (C=O) groups is 1. The highest BCUT2D eigenvalue weighted by Crippen LogP contribution is 2.23. The predicted octanol–water partition coefficient (Wildman–Crippen LogP) is 1.59. The fraction of sp³-hybridized carbons (Fsp3) is 0.917. The second-order valence-corrected chi connectivity index (χ2v) is 5.79. The number of carbonyl (C=O) groups excluding carboxylic acids is 1. The van der Waals surface area contributed by atoms with Gasteiger partial charge < -0.3 is 15.7 Å². The van der Waals surface area contributed by atoms with Crippen molar-refractivity contribution in [2.24, 2.45) is 5.92 Å². The lowest BCUT2D eigenvalue weighted by atomic mass is 9.87. The number of rotatable bonds is 5. The van der Waals surface area contributed by atoms with Gasteiger partial charge in [0, 0.05) is 24.4 Å². The topological polar surface area (TPSA) is 61.4 Å². The molecule has 1 rings (SSSR count). The summed E-state index contributed by atoms with van der Waals surface area (Å²) in [6, 6.07) is 0.428. The van der Waals surface area contributed by atoms with Crippen LogP contribution in [0, 0.1) is 5.92 Å². The first kappa shape index (κ1) is 14.6. The molecule has 0 aromatic rings. The lowest BCUT2D eigenvalue weighted by molar-refractivity contribution is 0.174.